The van der Waals surface area contributed by atoms with E-state index in [2.05, 4.69) is 26.6 Å². The van der Waals surface area contributed by atoms with Gasteiger partial charge in [0.25, 0.3) is 5.91 Å². The van der Waals surface area contributed by atoms with Crippen molar-refractivity contribution in [3.05, 3.63) is 58.1 Å². The number of nitrogens with one attached hydrogen (secondary N) is 2. The summed E-state index contributed by atoms with van der Waals surface area (Å²) in [6, 6.07) is 12.9. The van der Waals surface area contributed by atoms with Crippen molar-refractivity contribution in [2.45, 2.75) is 13.8 Å². The van der Waals surface area contributed by atoms with Crippen LogP contribution in [-0.2, 0) is 9.59 Å². The normalized spacial score (nSPS) is 10.1. The van der Waals surface area contributed by atoms with Crippen LogP contribution in [0.5, 0.6) is 5.75 Å². The van der Waals surface area contributed by atoms with Gasteiger partial charge in [-0.15, -0.1) is 0 Å². The van der Waals surface area contributed by atoms with E-state index in [4.69, 9.17) is 4.74 Å². The van der Waals surface area contributed by atoms with E-state index in [-0.39, 0.29) is 25.0 Å². The predicted octanol–water partition coefficient (Wildman–Crippen LogP) is 3.20. The van der Waals surface area contributed by atoms with E-state index in [1.807, 2.05) is 50.2 Å². The summed E-state index contributed by atoms with van der Waals surface area (Å²) in [5.41, 5.74) is 2.92. The van der Waals surface area contributed by atoms with E-state index in [1.54, 1.807) is 6.07 Å². The van der Waals surface area contributed by atoms with E-state index in [9.17, 15) is 9.59 Å². The van der Waals surface area contributed by atoms with Crippen LogP contribution in [0.25, 0.3) is 0 Å². The number of halogens is 1. The largest absolute Gasteiger partial charge is 0.484 e. The van der Waals surface area contributed by atoms with Gasteiger partial charge in [-0.2, -0.15) is 0 Å². The summed E-state index contributed by atoms with van der Waals surface area (Å²) in [6.07, 6.45) is 0. The first-order valence-corrected chi connectivity index (χ1v) is 8.26. The maximum absolute atomic E-state index is 11.8. The molecular formula is C18H19BrN2O3. The Morgan fingerprint density at radius 2 is 1.79 bits per heavy atom. The molecule has 0 unspecified atom stereocenters. The van der Waals surface area contributed by atoms with E-state index in [0.717, 1.165) is 15.6 Å². The highest BCUT2D eigenvalue weighted by molar-refractivity contribution is 9.10. The molecule has 0 saturated heterocycles. The Morgan fingerprint density at radius 1 is 1.04 bits per heavy atom. The Bertz CT molecular complexity index is 747. The number of hydrogen-bond acceptors (Lipinski definition) is 3. The average Bonchev–Trinajstić information content (AvgIpc) is 2.56. The zero-order valence-electron chi connectivity index (χ0n) is 13.6. The molecule has 0 atom stereocenters. The summed E-state index contributed by atoms with van der Waals surface area (Å²) in [5.74, 6) is -0.0251. The number of carbonyl (C=O) groups excluding carboxylic acids is 2. The van der Waals surface area contributed by atoms with Crippen LogP contribution in [0, 0.1) is 13.8 Å². The molecule has 0 radical (unpaired) electrons. The standard InChI is InChI=1S/C18H19BrN2O3/c1-12-7-8-14(9-13(12)2)24-11-18(23)20-10-17(22)21-16-6-4-3-5-15(16)19/h3-9H,10-11H2,1-2H3,(H,20,23)(H,21,22). The molecule has 126 valence electrons. The van der Waals surface area contributed by atoms with Crippen molar-refractivity contribution in [2.75, 3.05) is 18.5 Å². The van der Waals surface area contributed by atoms with Crippen LogP contribution in [-0.4, -0.2) is 25.0 Å². The van der Waals surface area contributed by atoms with Crippen molar-refractivity contribution < 1.29 is 14.3 Å². The summed E-state index contributed by atoms with van der Waals surface area (Å²) in [5, 5.41) is 5.24. The fourth-order valence-electron chi connectivity index (χ4n) is 1.94. The second-order valence-electron chi connectivity index (χ2n) is 5.34. The highest BCUT2D eigenvalue weighted by Crippen LogP contribution is 2.20. The minimum absolute atomic E-state index is 0.115. The number of ether oxygens (including phenoxy) is 1. The van der Waals surface area contributed by atoms with Crippen LogP contribution in [0.15, 0.2) is 46.9 Å². The fraction of sp³-hybridized carbons (Fsp3) is 0.222. The lowest BCUT2D eigenvalue weighted by Gasteiger charge is -2.10. The van der Waals surface area contributed by atoms with Gasteiger partial charge in [0.2, 0.25) is 5.91 Å². The van der Waals surface area contributed by atoms with Crippen LogP contribution >= 0.6 is 15.9 Å². The monoisotopic (exact) mass is 390 g/mol. The SMILES string of the molecule is Cc1ccc(OCC(=O)NCC(=O)Nc2ccccc2Br)cc1C. The van der Waals surface area contributed by atoms with E-state index < -0.39 is 0 Å². The van der Waals surface area contributed by atoms with Gasteiger partial charge in [-0.1, -0.05) is 18.2 Å². The zero-order chi connectivity index (χ0) is 17.5. The molecule has 0 fully saturated rings. The minimum Gasteiger partial charge on any atom is -0.484 e. The van der Waals surface area contributed by atoms with Gasteiger partial charge in [0, 0.05) is 4.47 Å². The van der Waals surface area contributed by atoms with E-state index in [1.165, 1.54) is 0 Å². The lowest BCUT2D eigenvalue weighted by molar-refractivity contribution is -0.125. The second kappa shape index (κ2) is 8.49. The molecule has 2 N–H and O–H groups in total. The van der Waals surface area contributed by atoms with Gasteiger partial charge >= 0.3 is 0 Å². The maximum atomic E-state index is 11.8. The highest BCUT2D eigenvalue weighted by Gasteiger charge is 2.08. The van der Waals surface area contributed by atoms with Crippen molar-refractivity contribution in [3.8, 4) is 5.75 Å². The van der Waals surface area contributed by atoms with Crippen molar-refractivity contribution >= 4 is 33.4 Å². The van der Waals surface area contributed by atoms with E-state index in [0.29, 0.717) is 11.4 Å². The number of amides is 2. The molecule has 0 saturated carbocycles. The van der Waals surface area contributed by atoms with Crippen LogP contribution in [0.4, 0.5) is 5.69 Å². The molecule has 0 heterocycles. The summed E-state index contributed by atoms with van der Waals surface area (Å²) in [6.45, 7) is 3.74. The third kappa shape index (κ3) is 5.38. The Morgan fingerprint density at radius 3 is 2.50 bits per heavy atom. The number of anilines is 1. The molecular weight excluding hydrogens is 372 g/mol. The molecule has 2 aromatic carbocycles. The summed E-state index contributed by atoms with van der Waals surface area (Å²) >= 11 is 3.34. The first kappa shape index (κ1) is 18.0. The van der Waals surface area contributed by atoms with Crippen LogP contribution in [0.2, 0.25) is 0 Å². The van der Waals surface area contributed by atoms with Crippen LogP contribution < -0.4 is 15.4 Å². The highest BCUT2D eigenvalue weighted by atomic mass is 79.9. The van der Waals surface area contributed by atoms with Crippen molar-refractivity contribution in [1.29, 1.82) is 0 Å². The van der Waals surface area contributed by atoms with Gasteiger partial charge in [0.1, 0.15) is 5.75 Å². The molecule has 2 aromatic rings. The van der Waals surface area contributed by atoms with Gasteiger partial charge < -0.3 is 15.4 Å². The van der Waals surface area contributed by atoms with E-state index >= 15 is 0 Å². The van der Waals surface area contributed by atoms with Crippen LogP contribution in [0.1, 0.15) is 11.1 Å². The number of para-hydroxylation sites is 1. The second-order valence-corrected chi connectivity index (χ2v) is 6.19. The third-order valence-electron chi connectivity index (χ3n) is 3.44. The number of rotatable bonds is 6. The molecule has 0 aliphatic carbocycles. The van der Waals surface area contributed by atoms with Gasteiger partial charge in [0.15, 0.2) is 6.61 Å². The summed E-state index contributed by atoms with van der Waals surface area (Å²) in [7, 11) is 0. The van der Waals surface area contributed by atoms with Gasteiger partial charge in [-0.05, 0) is 65.2 Å². The van der Waals surface area contributed by atoms with Crippen molar-refractivity contribution in [2.24, 2.45) is 0 Å². The number of benzene rings is 2. The Kier molecular flexibility index (Phi) is 6.37. The topological polar surface area (TPSA) is 67.4 Å². The van der Waals surface area contributed by atoms with Crippen molar-refractivity contribution in [3.63, 3.8) is 0 Å². The molecule has 24 heavy (non-hydrogen) atoms. The minimum atomic E-state index is -0.351. The summed E-state index contributed by atoms with van der Waals surface area (Å²) in [4.78, 5) is 23.6. The van der Waals surface area contributed by atoms with Gasteiger partial charge in [-0.25, -0.2) is 0 Å². The molecule has 0 bridgehead atoms. The lowest BCUT2D eigenvalue weighted by atomic mass is 10.1. The molecule has 2 amide bonds. The maximum Gasteiger partial charge on any atom is 0.258 e. The Labute approximate surface area is 149 Å². The number of hydrogen-bond donors (Lipinski definition) is 2. The molecule has 6 heteroatoms. The average molecular weight is 391 g/mol. The molecule has 2 rings (SSSR count). The molecule has 0 aliphatic rings. The van der Waals surface area contributed by atoms with Gasteiger partial charge in [-0.3, -0.25) is 9.59 Å². The third-order valence-corrected chi connectivity index (χ3v) is 4.13. The fourth-order valence-corrected chi connectivity index (χ4v) is 2.32. The Balaban J connectivity index is 1.75. The molecule has 0 aliphatic heterocycles. The zero-order valence-corrected chi connectivity index (χ0v) is 15.1. The lowest BCUT2D eigenvalue weighted by Crippen LogP contribution is -2.35. The smallest absolute Gasteiger partial charge is 0.258 e. The molecule has 5 nitrogen and oxygen atoms in total. The molecule has 0 spiro atoms. The quantitative estimate of drug-likeness (QED) is 0.795. The van der Waals surface area contributed by atoms with Crippen molar-refractivity contribution in [1.82, 2.24) is 5.32 Å². The summed E-state index contributed by atoms with van der Waals surface area (Å²) < 4.78 is 6.20. The number of carbonyl (C=O) groups is 2. The Hall–Kier alpha value is -2.34. The predicted molar refractivity (Wildman–Crippen MR) is 97.2 cm³/mol. The first-order valence-electron chi connectivity index (χ1n) is 7.47. The van der Waals surface area contributed by atoms with Gasteiger partial charge in [0.05, 0.1) is 12.2 Å². The first-order chi connectivity index (χ1) is 11.5. The van der Waals surface area contributed by atoms with Crippen LogP contribution in [0.3, 0.4) is 0 Å². The molecule has 0 aromatic heterocycles. The number of aryl methyl sites for hydroxylation is 2.